The van der Waals surface area contributed by atoms with Crippen molar-refractivity contribution in [1.82, 2.24) is 0 Å². The van der Waals surface area contributed by atoms with E-state index in [-0.39, 0.29) is 12.3 Å². The first kappa shape index (κ1) is 14.4. The molecular formula is C11H23NO3. The van der Waals surface area contributed by atoms with Gasteiger partial charge in [0.1, 0.15) is 6.04 Å². The minimum atomic E-state index is -1.04. The summed E-state index contributed by atoms with van der Waals surface area (Å²) < 4.78 is 0. The standard InChI is InChI=1S/C11H23NO3/c1-3-5-6-8(4-2)10(13)7-9(12)11(14)15/h8-10,13H,3-7,12H2,1-2H3,(H,14,15). The summed E-state index contributed by atoms with van der Waals surface area (Å²) in [7, 11) is 0. The number of carboxylic acid groups (broad SMARTS) is 1. The number of unbranched alkanes of at least 4 members (excludes halogenated alkanes) is 1. The molecule has 3 unspecified atom stereocenters. The fraction of sp³-hybridized carbons (Fsp3) is 0.909. The van der Waals surface area contributed by atoms with E-state index in [2.05, 4.69) is 6.92 Å². The monoisotopic (exact) mass is 217 g/mol. The molecule has 4 N–H and O–H groups in total. The summed E-state index contributed by atoms with van der Waals surface area (Å²) in [5, 5.41) is 18.4. The average Bonchev–Trinajstić information content (AvgIpc) is 2.18. The molecule has 0 heterocycles. The average molecular weight is 217 g/mol. The number of carbonyl (C=O) groups is 1. The van der Waals surface area contributed by atoms with E-state index in [4.69, 9.17) is 10.8 Å². The number of aliphatic carboxylic acids is 1. The van der Waals surface area contributed by atoms with E-state index in [0.717, 1.165) is 25.7 Å². The Morgan fingerprint density at radius 3 is 2.40 bits per heavy atom. The quantitative estimate of drug-likeness (QED) is 0.573. The summed E-state index contributed by atoms with van der Waals surface area (Å²) in [6.45, 7) is 4.11. The van der Waals surface area contributed by atoms with Gasteiger partial charge in [0.05, 0.1) is 6.10 Å². The van der Waals surface area contributed by atoms with E-state index in [1.54, 1.807) is 0 Å². The molecule has 0 saturated carbocycles. The molecule has 0 bridgehead atoms. The maximum atomic E-state index is 10.5. The van der Waals surface area contributed by atoms with E-state index in [1.165, 1.54) is 0 Å². The second-order valence-corrected chi connectivity index (χ2v) is 4.06. The van der Waals surface area contributed by atoms with Gasteiger partial charge in [-0.25, -0.2) is 0 Å². The van der Waals surface area contributed by atoms with Crippen LogP contribution in [0.5, 0.6) is 0 Å². The summed E-state index contributed by atoms with van der Waals surface area (Å²) in [4.78, 5) is 10.5. The minimum Gasteiger partial charge on any atom is -0.480 e. The third-order valence-corrected chi connectivity index (χ3v) is 2.81. The number of hydrogen-bond donors (Lipinski definition) is 3. The summed E-state index contributed by atoms with van der Waals surface area (Å²) in [6.07, 6.45) is 3.53. The highest BCUT2D eigenvalue weighted by Crippen LogP contribution is 2.19. The summed E-state index contributed by atoms with van der Waals surface area (Å²) in [5.74, 6) is -0.866. The highest BCUT2D eigenvalue weighted by Gasteiger charge is 2.22. The van der Waals surface area contributed by atoms with Crippen molar-refractivity contribution in [3.05, 3.63) is 0 Å². The summed E-state index contributed by atoms with van der Waals surface area (Å²) in [6, 6.07) is -0.948. The second kappa shape index (κ2) is 7.65. The van der Waals surface area contributed by atoms with Crippen molar-refractivity contribution < 1.29 is 15.0 Å². The van der Waals surface area contributed by atoms with Gasteiger partial charge >= 0.3 is 5.97 Å². The van der Waals surface area contributed by atoms with Crippen LogP contribution >= 0.6 is 0 Å². The van der Waals surface area contributed by atoms with Crippen LogP contribution in [0.3, 0.4) is 0 Å². The van der Waals surface area contributed by atoms with Crippen molar-refractivity contribution in [2.75, 3.05) is 0 Å². The molecule has 0 aromatic rings. The SMILES string of the molecule is CCCCC(CC)C(O)CC(N)C(=O)O. The fourth-order valence-corrected chi connectivity index (χ4v) is 1.69. The fourth-order valence-electron chi connectivity index (χ4n) is 1.69. The zero-order valence-corrected chi connectivity index (χ0v) is 9.65. The highest BCUT2D eigenvalue weighted by molar-refractivity contribution is 5.73. The lowest BCUT2D eigenvalue weighted by Gasteiger charge is -2.22. The van der Waals surface area contributed by atoms with Gasteiger partial charge < -0.3 is 15.9 Å². The Bertz CT molecular complexity index is 185. The van der Waals surface area contributed by atoms with Crippen LogP contribution in [-0.4, -0.2) is 28.3 Å². The van der Waals surface area contributed by atoms with Gasteiger partial charge in [-0.1, -0.05) is 33.1 Å². The van der Waals surface area contributed by atoms with Crippen molar-refractivity contribution in [1.29, 1.82) is 0 Å². The predicted octanol–water partition coefficient (Wildman–Crippen LogP) is 1.37. The first-order chi connectivity index (χ1) is 7.02. The van der Waals surface area contributed by atoms with Crippen molar-refractivity contribution in [3.63, 3.8) is 0 Å². The molecule has 0 saturated heterocycles. The molecule has 15 heavy (non-hydrogen) atoms. The molecule has 0 radical (unpaired) electrons. The number of nitrogens with two attached hydrogens (primary N) is 1. The van der Waals surface area contributed by atoms with E-state index in [0.29, 0.717) is 0 Å². The first-order valence-electron chi connectivity index (χ1n) is 5.69. The third kappa shape index (κ3) is 5.74. The molecule has 0 aliphatic rings. The molecule has 0 spiro atoms. The lowest BCUT2D eigenvalue weighted by Crippen LogP contribution is -2.36. The number of hydrogen-bond acceptors (Lipinski definition) is 3. The van der Waals surface area contributed by atoms with Crippen molar-refractivity contribution in [2.24, 2.45) is 11.7 Å². The lowest BCUT2D eigenvalue weighted by molar-refractivity contribution is -0.139. The van der Waals surface area contributed by atoms with Gasteiger partial charge in [-0.05, 0) is 18.8 Å². The maximum absolute atomic E-state index is 10.5. The van der Waals surface area contributed by atoms with Crippen LogP contribution in [0.4, 0.5) is 0 Å². The molecule has 0 aromatic heterocycles. The van der Waals surface area contributed by atoms with Crippen LogP contribution in [0.2, 0.25) is 0 Å². The normalized spacial score (nSPS) is 17.1. The molecule has 90 valence electrons. The number of aliphatic hydroxyl groups excluding tert-OH is 1. The van der Waals surface area contributed by atoms with Crippen LogP contribution in [0.15, 0.2) is 0 Å². The molecule has 0 aliphatic heterocycles. The van der Waals surface area contributed by atoms with Gasteiger partial charge in [0.15, 0.2) is 0 Å². The highest BCUT2D eigenvalue weighted by atomic mass is 16.4. The minimum absolute atomic E-state index is 0.150. The Hall–Kier alpha value is -0.610. The summed E-state index contributed by atoms with van der Waals surface area (Å²) >= 11 is 0. The van der Waals surface area contributed by atoms with E-state index in [9.17, 15) is 9.90 Å². The van der Waals surface area contributed by atoms with Gasteiger partial charge in [-0.3, -0.25) is 4.79 Å². The van der Waals surface area contributed by atoms with Crippen LogP contribution in [-0.2, 0) is 4.79 Å². The molecule has 3 atom stereocenters. The zero-order valence-electron chi connectivity index (χ0n) is 9.65. The molecule has 0 rings (SSSR count). The lowest BCUT2D eigenvalue weighted by atomic mass is 9.90. The van der Waals surface area contributed by atoms with Crippen LogP contribution in [0, 0.1) is 5.92 Å². The third-order valence-electron chi connectivity index (χ3n) is 2.81. The molecule has 0 aliphatic carbocycles. The number of aliphatic hydroxyl groups is 1. The van der Waals surface area contributed by atoms with Crippen molar-refractivity contribution in [3.8, 4) is 0 Å². The van der Waals surface area contributed by atoms with Crippen LogP contribution in [0.25, 0.3) is 0 Å². The van der Waals surface area contributed by atoms with Crippen LogP contribution in [0.1, 0.15) is 46.0 Å². The Kier molecular flexibility index (Phi) is 7.34. The Morgan fingerprint density at radius 1 is 1.40 bits per heavy atom. The van der Waals surface area contributed by atoms with Crippen LogP contribution < -0.4 is 5.73 Å². The van der Waals surface area contributed by atoms with Gasteiger partial charge in [0.25, 0.3) is 0 Å². The number of rotatable bonds is 8. The Balaban J connectivity index is 4.02. The molecule has 0 amide bonds. The van der Waals surface area contributed by atoms with Crippen molar-refractivity contribution >= 4 is 5.97 Å². The smallest absolute Gasteiger partial charge is 0.320 e. The maximum Gasteiger partial charge on any atom is 0.320 e. The van der Waals surface area contributed by atoms with Gasteiger partial charge in [0.2, 0.25) is 0 Å². The largest absolute Gasteiger partial charge is 0.480 e. The van der Waals surface area contributed by atoms with E-state index in [1.807, 2.05) is 6.92 Å². The summed E-state index contributed by atoms with van der Waals surface area (Å²) in [5.41, 5.74) is 5.38. The molecular weight excluding hydrogens is 194 g/mol. The zero-order chi connectivity index (χ0) is 11.8. The molecule has 0 fully saturated rings. The van der Waals surface area contributed by atoms with E-state index < -0.39 is 18.1 Å². The Labute approximate surface area is 91.5 Å². The molecule has 4 heteroatoms. The van der Waals surface area contributed by atoms with Gasteiger partial charge in [0, 0.05) is 0 Å². The Morgan fingerprint density at radius 2 is 2.00 bits per heavy atom. The van der Waals surface area contributed by atoms with Gasteiger partial charge in [-0.2, -0.15) is 0 Å². The predicted molar refractivity (Wildman–Crippen MR) is 59.5 cm³/mol. The van der Waals surface area contributed by atoms with E-state index >= 15 is 0 Å². The van der Waals surface area contributed by atoms with Gasteiger partial charge in [-0.15, -0.1) is 0 Å². The van der Waals surface area contributed by atoms with Crippen molar-refractivity contribution in [2.45, 2.75) is 58.1 Å². The number of carboxylic acids is 1. The second-order valence-electron chi connectivity index (χ2n) is 4.06. The topological polar surface area (TPSA) is 83.5 Å². The molecule has 4 nitrogen and oxygen atoms in total. The first-order valence-corrected chi connectivity index (χ1v) is 5.69. The molecule has 0 aromatic carbocycles.